The number of nitrogens with zero attached hydrogens (tertiary/aromatic N) is 2. The van der Waals surface area contributed by atoms with Crippen molar-refractivity contribution in [3.05, 3.63) is 22.2 Å². The number of methoxy groups -OCH3 is 1. The molecule has 6 nitrogen and oxygen atoms in total. The van der Waals surface area contributed by atoms with Gasteiger partial charge in [-0.05, 0) is 12.3 Å². The van der Waals surface area contributed by atoms with E-state index >= 15 is 0 Å². The van der Waals surface area contributed by atoms with Crippen molar-refractivity contribution in [2.45, 2.75) is 19.3 Å². The van der Waals surface area contributed by atoms with Crippen molar-refractivity contribution in [2.24, 2.45) is 5.92 Å². The van der Waals surface area contributed by atoms with Gasteiger partial charge in [0.1, 0.15) is 0 Å². The number of nitrogens with one attached hydrogen (secondary N) is 1. The van der Waals surface area contributed by atoms with Crippen LogP contribution in [0.15, 0.2) is 12.1 Å². The molecular weight excluding hydrogens is 222 g/mol. The van der Waals surface area contributed by atoms with Crippen LogP contribution in [0.3, 0.4) is 0 Å². The van der Waals surface area contributed by atoms with E-state index < -0.39 is 4.92 Å². The highest BCUT2D eigenvalue weighted by Crippen LogP contribution is 2.32. The van der Waals surface area contributed by atoms with E-state index in [-0.39, 0.29) is 11.5 Å². The zero-order valence-electron chi connectivity index (χ0n) is 9.68. The minimum Gasteiger partial charge on any atom is -0.481 e. The SMILES string of the molecule is COc1ccc([N+](=O)[O-])c(NCCC2CC2)n1. The first-order valence-corrected chi connectivity index (χ1v) is 5.64. The molecule has 1 saturated carbocycles. The molecule has 0 saturated heterocycles. The largest absolute Gasteiger partial charge is 0.481 e. The molecular formula is C11H15N3O3. The molecule has 1 aliphatic rings. The van der Waals surface area contributed by atoms with Gasteiger partial charge in [-0.3, -0.25) is 10.1 Å². The molecule has 0 aliphatic heterocycles. The highest BCUT2D eigenvalue weighted by Gasteiger charge is 2.21. The van der Waals surface area contributed by atoms with E-state index in [0.29, 0.717) is 12.4 Å². The molecule has 92 valence electrons. The van der Waals surface area contributed by atoms with E-state index in [1.807, 2.05) is 0 Å². The van der Waals surface area contributed by atoms with Crippen molar-refractivity contribution in [1.82, 2.24) is 4.98 Å². The van der Waals surface area contributed by atoms with Gasteiger partial charge in [0.2, 0.25) is 11.7 Å². The zero-order chi connectivity index (χ0) is 12.3. The zero-order valence-corrected chi connectivity index (χ0v) is 9.68. The molecule has 17 heavy (non-hydrogen) atoms. The predicted octanol–water partition coefficient (Wildman–Crippen LogP) is 2.21. The van der Waals surface area contributed by atoms with Crippen molar-refractivity contribution in [1.29, 1.82) is 0 Å². The minimum atomic E-state index is -0.439. The topological polar surface area (TPSA) is 77.3 Å². The molecule has 0 bridgehead atoms. The van der Waals surface area contributed by atoms with Gasteiger partial charge in [0.15, 0.2) is 0 Å². The average Bonchev–Trinajstić information content (AvgIpc) is 3.12. The lowest BCUT2D eigenvalue weighted by atomic mass is 10.3. The first-order chi connectivity index (χ1) is 8.20. The molecule has 1 heterocycles. The summed E-state index contributed by atoms with van der Waals surface area (Å²) >= 11 is 0. The van der Waals surface area contributed by atoms with Crippen LogP contribution >= 0.6 is 0 Å². The van der Waals surface area contributed by atoms with Crippen molar-refractivity contribution >= 4 is 11.5 Å². The smallest absolute Gasteiger partial charge is 0.311 e. The van der Waals surface area contributed by atoms with E-state index in [0.717, 1.165) is 12.3 Å². The van der Waals surface area contributed by atoms with Crippen LogP contribution < -0.4 is 10.1 Å². The van der Waals surface area contributed by atoms with Gasteiger partial charge < -0.3 is 10.1 Å². The molecule has 0 spiro atoms. The number of anilines is 1. The molecule has 0 unspecified atom stereocenters. The summed E-state index contributed by atoms with van der Waals surface area (Å²) in [5.74, 6) is 1.45. The number of ether oxygens (including phenoxy) is 1. The average molecular weight is 237 g/mol. The Hall–Kier alpha value is -1.85. The van der Waals surface area contributed by atoms with Crippen LogP contribution in [0.5, 0.6) is 5.88 Å². The van der Waals surface area contributed by atoms with Gasteiger partial charge in [-0.1, -0.05) is 12.8 Å². The fourth-order valence-electron chi connectivity index (χ4n) is 1.63. The number of rotatable bonds is 6. The summed E-state index contributed by atoms with van der Waals surface area (Å²) in [6.45, 7) is 0.714. The lowest BCUT2D eigenvalue weighted by molar-refractivity contribution is -0.384. The Bertz CT molecular complexity index is 418. The van der Waals surface area contributed by atoms with E-state index in [4.69, 9.17) is 4.74 Å². The molecule has 1 fully saturated rings. The highest BCUT2D eigenvalue weighted by atomic mass is 16.6. The highest BCUT2D eigenvalue weighted by molar-refractivity contribution is 5.56. The van der Waals surface area contributed by atoms with Gasteiger partial charge in [-0.25, -0.2) is 0 Å². The molecule has 6 heteroatoms. The van der Waals surface area contributed by atoms with Gasteiger partial charge in [-0.15, -0.1) is 0 Å². The van der Waals surface area contributed by atoms with Gasteiger partial charge in [0, 0.05) is 18.7 Å². The number of hydrogen-bond donors (Lipinski definition) is 1. The summed E-state index contributed by atoms with van der Waals surface area (Å²) in [4.78, 5) is 14.4. The maximum absolute atomic E-state index is 10.8. The molecule has 0 atom stereocenters. The summed E-state index contributed by atoms with van der Waals surface area (Å²) in [6, 6.07) is 2.90. The first kappa shape index (κ1) is 11.6. The van der Waals surface area contributed by atoms with Gasteiger partial charge >= 0.3 is 5.69 Å². The molecule has 1 aromatic heterocycles. The van der Waals surface area contributed by atoms with Crippen LogP contribution in [-0.4, -0.2) is 23.6 Å². The quantitative estimate of drug-likeness (QED) is 0.606. The molecule has 1 aliphatic carbocycles. The van der Waals surface area contributed by atoms with Gasteiger partial charge in [-0.2, -0.15) is 4.98 Å². The third-order valence-corrected chi connectivity index (χ3v) is 2.80. The molecule has 1 N–H and O–H groups in total. The van der Waals surface area contributed by atoms with Crippen LogP contribution in [-0.2, 0) is 0 Å². The number of aromatic nitrogens is 1. The first-order valence-electron chi connectivity index (χ1n) is 5.64. The Kier molecular flexibility index (Phi) is 3.41. The van der Waals surface area contributed by atoms with Gasteiger partial charge in [0.25, 0.3) is 0 Å². The second kappa shape index (κ2) is 4.99. The number of hydrogen-bond acceptors (Lipinski definition) is 5. The lowest BCUT2D eigenvalue weighted by Crippen LogP contribution is -2.07. The summed E-state index contributed by atoms with van der Waals surface area (Å²) in [5.41, 5.74) is -0.0124. The van der Waals surface area contributed by atoms with Crippen LogP contribution in [0, 0.1) is 16.0 Å². The monoisotopic (exact) mass is 237 g/mol. The van der Waals surface area contributed by atoms with Gasteiger partial charge in [0.05, 0.1) is 12.0 Å². The van der Waals surface area contributed by atoms with Crippen molar-refractivity contribution in [2.75, 3.05) is 19.0 Å². The fraction of sp³-hybridized carbons (Fsp3) is 0.545. The third-order valence-electron chi connectivity index (χ3n) is 2.80. The third kappa shape index (κ3) is 3.05. The predicted molar refractivity (Wildman–Crippen MR) is 63.3 cm³/mol. The van der Waals surface area contributed by atoms with E-state index in [1.54, 1.807) is 0 Å². The van der Waals surface area contributed by atoms with Crippen LogP contribution in [0.2, 0.25) is 0 Å². The summed E-state index contributed by atoms with van der Waals surface area (Å²) in [5, 5.41) is 13.8. The van der Waals surface area contributed by atoms with Crippen molar-refractivity contribution in [3.8, 4) is 5.88 Å². The molecule has 0 aromatic carbocycles. The maximum atomic E-state index is 10.8. The van der Waals surface area contributed by atoms with Crippen LogP contribution in [0.4, 0.5) is 11.5 Å². The standard InChI is InChI=1S/C11H15N3O3/c1-17-10-5-4-9(14(15)16)11(13-10)12-7-6-8-2-3-8/h4-5,8H,2-3,6-7H2,1H3,(H,12,13). The number of nitro groups is 1. The maximum Gasteiger partial charge on any atom is 0.311 e. The molecule has 0 amide bonds. The molecule has 0 radical (unpaired) electrons. The summed E-state index contributed by atoms with van der Waals surface area (Å²) in [6.07, 6.45) is 3.58. The molecule has 2 rings (SSSR count). The van der Waals surface area contributed by atoms with E-state index in [2.05, 4.69) is 10.3 Å². The fourth-order valence-corrected chi connectivity index (χ4v) is 1.63. The summed E-state index contributed by atoms with van der Waals surface area (Å²) in [7, 11) is 1.49. The Labute approximate surface area is 99.2 Å². The Morgan fingerprint density at radius 3 is 2.94 bits per heavy atom. The van der Waals surface area contributed by atoms with E-state index in [1.165, 1.54) is 32.1 Å². The van der Waals surface area contributed by atoms with Crippen LogP contribution in [0.1, 0.15) is 19.3 Å². The Balaban J connectivity index is 2.06. The lowest BCUT2D eigenvalue weighted by Gasteiger charge is -2.07. The van der Waals surface area contributed by atoms with Crippen molar-refractivity contribution < 1.29 is 9.66 Å². The number of pyridine rings is 1. The normalized spacial score (nSPS) is 14.4. The van der Waals surface area contributed by atoms with E-state index in [9.17, 15) is 10.1 Å². The second-order valence-electron chi connectivity index (χ2n) is 4.14. The molecule has 1 aromatic rings. The Morgan fingerprint density at radius 2 is 2.35 bits per heavy atom. The Morgan fingerprint density at radius 1 is 1.59 bits per heavy atom. The second-order valence-corrected chi connectivity index (χ2v) is 4.14. The summed E-state index contributed by atoms with van der Waals surface area (Å²) < 4.78 is 4.96. The van der Waals surface area contributed by atoms with Crippen molar-refractivity contribution in [3.63, 3.8) is 0 Å². The minimum absolute atomic E-state index is 0.0124. The van der Waals surface area contributed by atoms with Crippen LogP contribution in [0.25, 0.3) is 0 Å².